The molecule has 2 amide bonds. The minimum atomic E-state index is -0.206. The molecule has 0 fully saturated rings. The molecule has 2 rings (SSSR count). The summed E-state index contributed by atoms with van der Waals surface area (Å²) >= 11 is 1.26. The van der Waals surface area contributed by atoms with Crippen LogP contribution in [0.2, 0.25) is 0 Å². The van der Waals surface area contributed by atoms with E-state index in [0.29, 0.717) is 23.1 Å². The van der Waals surface area contributed by atoms with Crippen molar-refractivity contribution >= 4 is 29.4 Å². The van der Waals surface area contributed by atoms with Crippen LogP contribution in [0.5, 0.6) is 0 Å². The number of carbonyl (C=O) groups excluding carboxylic acids is 2. The molecule has 0 spiro atoms. The van der Waals surface area contributed by atoms with Gasteiger partial charge in [0.15, 0.2) is 5.82 Å². The van der Waals surface area contributed by atoms with E-state index >= 15 is 0 Å². The van der Waals surface area contributed by atoms with Gasteiger partial charge in [0.05, 0.1) is 18.6 Å². The number of thioether (sulfide) groups is 1. The molecule has 0 aliphatic heterocycles. The topological polar surface area (TPSA) is 97.1 Å². The van der Waals surface area contributed by atoms with E-state index in [1.54, 1.807) is 30.5 Å². The Morgan fingerprint density at radius 2 is 2.14 bits per heavy atom. The zero-order valence-corrected chi connectivity index (χ0v) is 12.1. The maximum Gasteiger partial charge on any atom is 0.230 e. The van der Waals surface area contributed by atoms with Crippen molar-refractivity contribution in [3.8, 4) is 0 Å². The molecule has 2 aromatic heterocycles. The Hall–Kier alpha value is -2.35. The Balaban J connectivity index is 1.74. The normalized spacial score (nSPS) is 10.1. The molecule has 0 aliphatic rings. The summed E-state index contributed by atoms with van der Waals surface area (Å²) in [6, 6.07) is 6.89. The first kappa shape index (κ1) is 15.0. The molecule has 0 aromatic carbocycles. The zero-order chi connectivity index (χ0) is 15.1. The van der Waals surface area contributed by atoms with Gasteiger partial charge in [-0.25, -0.2) is 0 Å². The Labute approximate surface area is 125 Å². The molecule has 110 valence electrons. The van der Waals surface area contributed by atoms with E-state index in [0.717, 1.165) is 0 Å². The van der Waals surface area contributed by atoms with Crippen LogP contribution in [0, 0.1) is 0 Å². The fourth-order valence-electron chi connectivity index (χ4n) is 1.43. The third kappa shape index (κ3) is 5.27. The predicted molar refractivity (Wildman–Crippen MR) is 77.6 cm³/mol. The molecular weight excluding hydrogens is 292 g/mol. The van der Waals surface area contributed by atoms with E-state index in [1.165, 1.54) is 18.7 Å². The highest BCUT2D eigenvalue weighted by molar-refractivity contribution is 7.99. The van der Waals surface area contributed by atoms with Gasteiger partial charge in [0.2, 0.25) is 11.8 Å². The van der Waals surface area contributed by atoms with Gasteiger partial charge in [-0.3, -0.25) is 9.59 Å². The highest BCUT2D eigenvalue weighted by atomic mass is 32.2. The van der Waals surface area contributed by atoms with Crippen molar-refractivity contribution in [2.24, 2.45) is 0 Å². The smallest absolute Gasteiger partial charge is 0.230 e. The number of hydrogen-bond acceptors (Lipinski definition) is 6. The number of anilines is 1. The van der Waals surface area contributed by atoms with Gasteiger partial charge in [0.1, 0.15) is 10.8 Å². The summed E-state index contributed by atoms with van der Waals surface area (Å²) in [5, 5.41) is 13.6. The molecule has 0 saturated carbocycles. The summed E-state index contributed by atoms with van der Waals surface area (Å²) in [7, 11) is 0. The van der Waals surface area contributed by atoms with Crippen LogP contribution in [0.4, 0.5) is 5.82 Å². The van der Waals surface area contributed by atoms with E-state index in [1.807, 2.05) is 0 Å². The van der Waals surface area contributed by atoms with Crippen LogP contribution >= 0.6 is 11.8 Å². The molecule has 0 unspecified atom stereocenters. The first-order valence-electron chi connectivity index (χ1n) is 6.16. The summed E-state index contributed by atoms with van der Waals surface area (Å²) in [6.45, 7) is 1.76. The Morgan fingerprint density at radius 3 is 2.76 bits per heavy atom. The van der Waals surface area contributed by atoms with Crippen LogP contribution in [0.25, 0.3) is 0 Å². The second kappa shape index (κ2) is 7.44. The monoisotopic (exact) mass is 306 g/mol. The van der Waals surface area contributed by atoms with Crippen LogP contribution in [0.3, 0.4) is 0 Å². The van der Waals surface area contributed by atoms with Crippen molar-refractivity contribution in [1.29, 1.82) is 0 Å². The van der Waals surface area contributed by atoms with Crippen LogP contribution in [0.15, 0.2) is 40.0 Å². The number of nitrogens with zero attached hydrogens (tertiary/aromatic N) is 2. The average Bonchev–Trinajstić information content (AvgIpc) is 2.97. The van der Waals surface area contributed by atoms with Crippen molar-refractivity contribution in [3.63, 3.8) is 0 Å². The van der Waals surface area contributed by atoms with Gasteiger partial charge in [0, 0.05) is 6.92 Å². The molecule has 2 heterocycles. The summed E-state index contributed by atoms with van der Waals surface area (Å²) < 4.78 is 5.11. The lowest BCUT2D eigenvalue weighted by Crippen LogP contribution is -2.24. The second-order valence-electron chi connectivity index (χ2n) is 4.08. The minimum Gasteiger partial charge on any atom is -0.467 e. The first-order chi connectivity index (χ1) is 10.1. The number of carbonyl (C=O) groups is 2. The van der Waals surface area contributed by atoms with Gasteiger partial charge < -0.3 is 15.1 Å². The van der Waals surface area contributed by atoms with E-state index in [4.69, 9.17) is 4.42 Å². The highest BCUT2D eigenvalue weighted by Crippen LogP contribution is 2.15. The molecule has 7 nitrogen and oxygen atoms in total. The van der Waals surface area contributed by atoms with Gasteiger partial charge in [-0.15, -0.1) is 10.2 Å². The van der Waals surface area contributed by atoms with Crippen molar-refractivity contribution in [3.05, 3.63) is 36.3 Å². The molecule has 0 atom stereocenters. The van der Waals surface area contributed by atoms with Crippen LogP contribution in [0.1, 0.15) is 12.7 Å². The second-order valence-corrected chi connectivity index (χ2v) is 5.08. The predicted octanol–water partition coefficient (Wildman–Crippen LogP) is 1.44. The molecule has 0 radical (unpaired) electrons. The van der Waals surface area contributed by atoms with Crippen molar-refractivity contribution < 1.29 is 14.0 Å². The number of hydrogen-bond donors (Lipinski definition) is 2. The zero-order valence-electron chi connectivity index (χ0n) is 11.3. The summed E-state index contributed by atoms with van der Waals surface area (Å²) in [6.07, 6.45) is 1.56. The fraction of sp³-hybridized carbons (Fsp3) is 0.231. The third-order valence-corrected chi connectivity index (χ3v) is 3.26. The van der Waals surface area contributed by atoms with Crippen LogP contribution < -0.4 is 10.6 Å². The molecule has 8 heteroatoms. The lowest BCUT2D eigenvalue weighted by atomic mass is 10.4. The SMILES string of the molecule is CC(=O)Nc1ccc(SCC(=O)NCc2ccco2)nn1. The Morgan fingerprint density at radius 1 is 1.29 bits per heavy atom. The van der Waals surface area contributed by atoms with E-state index in [-0.39, 0.29) is 17.6 Å². The Kier molecular flexibility index (Phi) is 5.33. The molecule has 0 bridgehead atoms. The lowest BCUT2D eigenvalue weighted by molar-refractivity contribution is -0.118. The minimum absolute atomic E-state index is 0.121. The lowest BCUT2D eigenvalue weighted by Gasteiger charge is -2.03. The molecule has 0 aliphatic carbocycles. The van der Waals surface area contributed by atoms with Gasteiger partial charge in [-0.1, -0.05) is 11.8 Å². The maximum atomic E-state index is 11.6. The highest BCUT2D eigenvalue weighted by Gasteiger charge is 2.06. The Bertz CT molecular complexity index is 598. The molecule has 2 N–H and O–H groups in total. The molecule has 2 aromatic rings. The number of amides is 2. The number of furan rings is 1. The number of nitrogens with one attached hydrogen (secondary N) is 2. The van der Waals surface area contributed by atoms with E-state index < -0.39 is 0 Å². The van der Waals surface area contributed by atoms with Gasteiger partial charge in [0.25, 0.3) is 0 Å². The molecular formula is C13H14N4O3S. The summed E-state index contributed by atoms with van der Waals surface area (Å²) in [5.74, 6) is 0.988. The molecule has 0 saturated heterocycles. The first-order valence-corrected chi connectivity index (χ1v) is 7.15. The number of rotatable bonds is 6. The quantitative estimate of drug-likeness (QED) is 0.784. The van der Waals surface area contributed by atoms with Crippen LogP contribution in [-0.4, -0.2) is 27.8 Å². The standard InChI is InChI=1S/C13H14N4O3S/c1-9(18)15-11-4-5-13(17-16-11)21-8-12(19)14-7-10-3-2-6-20-10/h2-6H,7-8H2,1H3,(H,14,19)(H,15,16,18). The van der Waals surface area contributed by atoms with Crippen molar-refractivity contribution in [2.75, 3.05) is 11.1 Å². The summed E-state index contributed by atoms with van der Waals surface area (Å²) in [5.41, 5.74) is 0. The largest absolute Gasteiger partial charge is 0.467 e. The maximum absolute atomic E-state index is 11.6. The third-order valence-electron chi connectivity index (χ3n) is 2.34. The van der Waals surface area contributed by atoms with Crippen molar-refractivity contribution in [2.45, 2.75) is 18.5 Å². The fourth-order valence-corrected chi connectivity index (χ4v) is 2.08. The number of aromatic nitrogens is 2. The van der Waals surface area contributed by atoms with E-state index in [9.17, 15) is 9.59 Å². The van der Waals surface area contributed by atoms with Crippen molar-refractivity contribution in [1.82, 2.24) is 15.5 Å². The van der Waals surface area contributed by atoms with Crippen LogP contribution in [-0.2, 0) is 16.1 Å². The van der Waals surface area contributed by atoms with Gasteiger partial charge in [-0.2, -0.15) is 0 Å². The van der Waals surface area contributed by atoms with E-state index in [2.05, 4.69) is 20.8 Å². The van der Waals surface area contributed by atoms with Gasteiger partial charge in [-0.05, 0) is 24.3 Å². The summed E-state index contributed by atoms with van der Waals surface area (Å²) in [4.78, 5) is 22.5. The average molecular weight is 306 g/mol. The van der Waals surface area contributed by atoms with Gasteiger partial charge >= 0.3 is 0 Å². The molecule has 21 heavy (non-hydrogen) atoms.